The molecule has 2 aliphatic rings. The summed E-state index contributed by atoms with van der Waals surface area (Å²) in [6, 6.07) is 7.88. The zero-order valence-corrected chi connectivity index (χ0v) is 14.8. The summed E-state index contributed by atoms with van der Waals surface area (Å²) in [5, 5.41) is 0.763. The minimum Gasteiger partial charge on any atom is -0.379 e. The molecule has 0 aromatic heterocycles. The molecule has 2 saturated heterocycles. The van der Waals surface area contributed by atoms with Gasteiger partial charge in [0.25, 0.3) is 0 Å². The molecule has 0 bridgehead atoms. The van der Waals surface area contributed by atoms with E-state index in [4.69, 9.17) is 16.3 Å². The normalized spacial score (nSPS) is 20.6. The summed E-state index contributed by atoms with van der Waals surface area (Å²) >= 11 is 5.90. The van der Waals surface area contributed by atoms with Gasteiger partial charge in [0.2, 0.25) is 5.91 Å². The van der Waals surface area contributed by atoms with Crippen LogP contribution in [0.15, 0.2) is 30.3 Å². The molecule has 24 heavy (non-hydrogen) atoms. The number of morpholine rings is 1. The van der Waals surface area contributed by atoms with Gasteiger partial charge in [-0.25, -0.2) is 0 Å². The first kappa shape index (κ1) is 17.5. The van der Waals surface area contributed by atoms with Crippen molar-refractivity contribution in [2.24, 2.45) is 5.92 Å². The summed E-state index contributed by atoms with van der Waals surface area (Å²) in [7, 11) is 0. The summed E-state index contributed by atoms with van der Waals surface area (Å²) in [6.07, 6.45) is 6.51. The molecule has 0 saturated carbocycles. The Bertz CT molecular complexity index is 559. The fourth-order valence-corrected chi connectivity index (χ4v) is 3.34. The van der Waals surface area contributed by atoms with Crippen molar-refractivity contribution in [3.63, 3.8) is 0 Å². The molecule has 0 unspecified atom stereocenters. The van der Waals surface area contributed by atoms with Crippen LogP contribution in [0.5, 0.6) is 0 Å². The zero-order chi connectivity index (χ0) is 16.8. The third-order valence-electron chi connectivity index (χ3n) is 4.79. The Morgan fingerprint density at radius 2 is 1.79 bits per heavy atom. The van der Waals surface area contributed by atoms with E-state index in [9.17, 15) is 4.79 Å². The van der Waals surface area contributed by atoms with E-state index in [0.29, 0.717) is 12.5 Å². The molecule has 5 heteroatoms. The van der Waals surface area contributed by atoms with Crippen LogP contribution in [-0.2, 0) is 9.53 Å². The second-order valence-corrected chi connectivity index (χ2v) is 6.95. The van der Waals surface area contributed by atoms with Gasteiger partial charge in [-0.05, 0) is 36.5 Å². The molecule has 4 nitrogen and oxygen atoms in total. The van der Waals surface area contributed by atoms with Crippen molar-refractivity contribution >= 4 is 23.6 Å². The van der Waals surface area contributed by atoms with Crippen LogP contribution in [0.3, 0.4) is 0 Å². The maximum atomic E-state index is 12.4. The number of nitrogens with zero attached hydrogens (tertiary/aromatic N) is 2. The number of piperidine rings is 1. The Balaban J connectivity index is 1.43. The number of allylic oxidation sites excluding steroid dienone is 1. The highest BCUT2D eigenvalue weighted by atomic mass is 35.5. The largest absolute Gasteiger partial charge is 0.379 e. The molecule has 0 N–H and O–H groups in total. The number of halogens is 1. The van der Waals surface area contributed by atoms with E-state index in [1.807, 2.05) is 29.2 Å². The molecule has 2 fully saturated rings. The first-order valence-electron chi connectivity index (χ1n) is 8.72. The van der Waals surface area contributed by atoms with E-state index in [-0.39, 0.29) is 5.91 Å². The molecule has 1 aromatic carbocycles. The lowest BCUT2D eigenvalue weighted by Gasteiger charge is -2.33. The molecular formula is C19H25ClN2O2. The van der Waals surface area contributed by atoms with Crippen LogP contribution < -0.4 is 0 Å². The van der Waals surface area contributed by atoms with Gasteiger partial charge in [-0.15, -0.1) is 0 Å². The van der Waals surface area contributed by atoms with Crippen LogP contribution >= 0.6 is 11.6 Å². The number of hydrogen-bond donors (Lipinski definition) is 0. The molecule has 0 atom stereocenters. The molecule has 1 amide bonds. The first-order valence-corrected chi connectivity index (χ1v) is 9.10. The number of carbonyl (C=O) groups is 1. The predicted octanol–water partition coefficient (Wildman–Crippen LogP) is 2.92. The van der Waals surface area contributed by atoms with Gasteiger partial charge in [-0.3, -0.25) is 9.69 Å². The summed E-state index contributed by atoms with van der Waals surface area (Å²) in [6.45, 7) is 5.47. The Labute approximate surface area is 149 Å². The number of ether oxygens (including phenoxy) is 1. The molecule has 130 valence electrons. The lowest BCUT2D eigenvalue weighted by molar-refractivity contribution is -0.134. The Kier molecular flexibility index (Phi) is 6.30. The lowest BCUT2D eigenvalue weighted by atomic mass is 9.95. The smallest absolute Gasteiger partial charge is 0.236 e. The monoisotopic (exact) mass is 348 g/mol. The van der Waals surface area contributed by atoms with E-state index in [1.165, 1.54) is 5.56 Å². The van der Waals surface area contributed by atoms with E-state index in [1.54, 1.807) is 0 Å². The SMILES string of the molecule is O=C(CN1CCOCC1)N1CCC(/C=C\c2ccc(Cl)cc2)CC1. The molecule has 0 radical (unpaired) electrons. The van der Waals surface area contributed by atoms with Crippen molar-refractivity contribution in [3.05, 3.63) is 40.9 Å². The molecule has 2 aliphatic heterocycles. The van der Waals surface area contributed by atoms with Gasteiger partial charge in [-0.2, -0.15) is 0 Å². The first-order chi connectivity index (χ1) is 11.7. The van der Waals surface area contributed by atoms with Crippen LogP contribution in [0.25, 0.3) is 6.08 Å². The van der Waals surface area contributed by atoms with Gasteiger partial charge in [0.15, 0.2) is 0 Å². The molecule has 3 rings (SSSR count). The standard InChI is InChI=1S/C19H25ClN2O2/c20-18-5-3-16(4-6-18)1-2-17-7-9-22(10-8-17)19(23)15-21-11-13-24-14-12-21/h1-6,17H,7-15H2/b2-1-. The summed E-state index contributed by atoms with van der Waals surface area (Å²) in [4.78, 5) is 16.6. The van der Waals surface area contributed by atoms with Crippen molar-refractivity contribution in [1.82, 2.24) is 9.80 Å². The van der Waals surface area contributed by atoms with Crippen molar-refractivity contribution in [2.45, 2.75) is 12.8 Å². The second-order valence-electron chi connectivity index (χ2n) is 6.52. The number of benzene rings is 1. The van der Waals surface area contributed by atoms with Gasteiger partial charge in [0, 0.05) is 31.2 Å². The van der Waals surface area contributed by atoms with E-state index < -0.39 is 0 Å². The highest BCUT2D eigenvalue weighted by Gasteiger charge is 2.23. The molecule has 0 aliphatic carbocycles. The topological polar surface area (TPSA) is 32.8 Å². The van der Waals surface area contributed by atoms with Crippen LogP contribution in [0.1, 0.15) is 18.4 Å². The Morgan fingerprint density at radius 1 is 1.12 bits per heavy atom. The third-order valence-corrected chi connectivity index (χ3v) is 5.04. The van der Waals surface area contributed by atoms with E-state index in [0.717, 1.165) is 57.3 Å². The van der Waals surface area contributed by atoms with Crippen molar-refractivity contribution < 1.29 is 9.53 Å². The zero-order valence-electron chi connectivity index (χ0n) is 14.0. The van der Waals surface area contributed by atoms with E-state index >= 15 is 0 Å². The summed E-state index contributed by atoms with van der Waals surface area (Å²) in [5.74, 6) is 0.810. The van der Waals surface area contributed by atoms with Gasteiger partial charge in [0.1, 0.15) is 0 Å². The van der Waals surface area contributed by atoms with Crippen molar-refractivity contribution in [2.75, 3.05) is 45.9 Å². The molecule has 1 aromatic rings. The fourth-order valence-electron chi connectivity index (χ4n) is 3.21. The number of carbonyl (C=O) groups excluding carboxylic acids is 1. The predicted molar refractivity (Wildman–Crippen MR) is 97.0 cm³/mol. The van der Waals surface area contributed by atoms with Crippen LogP contribution in [0.4, 0.5) is 0 Å². The van der Waals surface area contributed by atoms with Gasteiger partial charge < -0.3 is 9.64 Å². The third kappa shape index (κ3) is 5.07. The molecule has 2 heterocycles. The highest BCUT2D eigenvalue weighted by Crippen LogP contribution is 2.20. The second kappa shape index (κ2) is 8.65. The molecule has 0 spiro atoms. The average molecular weight is 349 g/mol. The Hall–Kier alpha value is -1.36. The van der Waals surface area contributed by atoms with Gasteiger partial charge in [-0.1, -0.05) is 35.9 Å². The number of hydrogen-bond acceptors (Lipinski definition) is 3. The van der Waals surface area contributed by atoms with Crippen LogP contribution in [-0.4, -0.2) is 61.6 Å². The maximum absolute atomic E-state index is 12.4. The van der Waals surface area contributed by atoms with Crippen LogP contribution in [0.2, 0.25) is 5.02 Å². The lowest BCUT2D eigenvalue weighted by Crippen LogP contribution is -2.46. The van der Waals surface area contributed by atoms with Crippen molar-refractivity contribution in [1.29, 1.82) is 0 Å². The van der Waals surface area contributed by atoms with Crippen molar-refractivity contribution in [3.8, 4) is 0 Å². The number of likely N-dealkylation sites (tertiary alicyclic amines) is 1. The van der Waals surface area contributed by atoms with Gasteiger partial charge in [0.05, 0.1) is 19.8 Å². The van der Waals surface area contributed by atoms with Gasteiger partial charge >= 0.3 is 0 Å². The summed E-state index contributed by atoms with van der Waals surface area (Å²) in [5.41, 5.74) is 1.17. The summed E-state index contributed by atoms with van der Waals surface area (Å²) < 4.78 is 5.33. The minimum absolute atomic E-state index is 0.261. The number of rotatable bonds is 4. The fraction of sp³-hybridized carbons (Fsp3) is 0.526. The highest BCUT2D eigenvalue weighted by molar-refractivity contribution is 6.30. The minimum atomic E-state index is 0.261. The van der Waals surface area contributed by atoms with Crippen LogP contribution in [0, 0.1) is 5.92 Å². The maximum Gasteiger partial charge on any atom is 0.236 e. The number of amides is 1. The Morgan fingerprint density at radius 3 is 2.46 bits per heavy atom. The van der Waals surface area contributed by atoms with E-state index in [2.05, 4.69) is 17.1 Å². The quantitative estimate of drug-likeness (QED) is 0.838. The molecular weight excluding hydrogens is 324 g/mol. The average Bonchev–Trinajstić information content (AvgIpc) is 2.62.